The van der Waals surface area contributed by atoms with Crippen LogP contribution in [0.5, 0.6) is 11.5 Å². The van der Waals surface area contributed by atoms with Crippen LogP contribution in [-0.2, 0) is 19.9 Å². The Balaban J connectivity index is 1.79. The third kappa shape index (κ3) is 6.03. The number of nitrogens with zero attached hydrogens (tertiary/aromatic N) is 3. The molecule has 0 aliphatic carbocycles. The number of benzene rings is 2. The van der Waals surface area contributed by atoms with Gasteiger partial charge in [0.15, 0.2) is 15.6 Å². The van der Waals surface area contributed by atoms with Gasteiger partial charge in [0.05, 0.1) is 31.0 Å². The van der Waals surface area contributed by atoms with Crippen LogP contribution in [0.4, 0.5) is 5.95 Å². The van der Waals surface area contributed by atoms with Gasteiger partial charge in [-0.15, -0.1) is 10.2 Å². The highest BCUT2D eigenvalue weighted by atomic mass is 35.5. The Morgan fingerprint density at radius 1 is 1.05 bits per heavy atom. The summed E-state index contributed by atoms with van der Waals surface area (Å²) >= 11 is 5.92. The van der Waals surface area contributed by atoms with Crippen LogP contribution in [-0.4, -0.2) is 62.9 Å². The van der Waals surface area contributed by atoms with E-state index in [1.807, 2.05) is 0 Å². The number of aromatic nitrogens is 3. The quantitative estimate of drug-likeness (QED) is 0.277. The van der Waals surface area contributed by atoms with Crippen molar-refractivity contribution in [1.82, 2.24) is 14.8 Å². The lowest BCUT2D eigenvalue weighted by atomic mass is 10.1. The van der Waals surface area contributed by atoms with Gasteiger partial charge in [0.1, 0.15) is 22.9 Å². The Morgan fingerprint density at radius 2 is 1.72 bits per heavy atom. The van der Waals surface area contributed by atoms with Crippen LogP contribution in [0.25, 0.3) is 17.3 Å². The minimum Gasteiger partial charge on any atom is -0.494 e. The summed E-state index contributed by atoms with van der Waals surface area (Å²) in [7, 11) is -5.30. The van der Waals surface area contributed by atoms with Crippen molar-refractivity contribution < 1.29 is 35.8 Å². The predicted octanol–water partition coefficient (Wildman–Crippen LogP) is 3.39. The standard InChI is InChI=1S/C24H25ClN4O8S2/c1-14-8-11-20(37-14)23-26-27-24(29(23)22-18(35-2)6-5-7-19(22)36-3)28-39(33,34)13-17(30)16-10-9-15(25)12-21(16)38(4,31)32/h5-12,17,30H,13H2,1-4H3,(H,27,28)/t17-/m1/s1. The second-order valence-corrected chi connectivity index (χ2v) is 12.6. The summed E-state index contributed by atoms with van der Waals surface area (Å²) in [6, 6.07) is 12.1. The number of aryl methyl sites for hydroxylation is 1. The number of aliphatic hydroxyl groups is 1. The number of furan rings is 1. The SMILES string of the molecule is COc1cccc(OC)c1-n1c(NS(=O)(=O)C[C@@H](O)c2ccc(Cl)cc2S(C)(=O)=O)nnc1-c1ccc(C)o1. The first-order chi connectivity index (χ1) is 18.3. The molecule has 0 amide bonds. The van der Waals surface area contributed by atoms with Gasteiger partial charge >= 0.3 is 0 Å². The van der Waals surface area contributed by atoms with E-state index in [1.165, 1.54) is 30.9 Å². The van der Waals surface area contributed by atoms with Gasteiger partial charge in [0, 0.05) is 16.8 Å². The van der Waals surface area contributed by atoms with Crippen molar-refractivity contribution in [2.24, 2.45) is 0 Å². The molecule has 2 heterocycles. The molecule has 0 aliphatic rings. The smallest absolute Gasteiger partial charge is 0.243 e. The van der Waals surface area contributed by atoms with Crippen LogP contribution in [0.1, 0.15) is 17.4 Å². The number of nitrogens with one attached hydrogen (secondary N) is 1. The molecule has 2 N–H and O–H groups in total. The van der Waals surface area contributed by atoms with Gasteiger partial charge in [-0.3, -0.25) is 9.29 Å². The molecule has 2 aromatic heterocycles. The average molecular weight is 597 g/mol. The predicted molar refractivity (Wildman–Crippen MR) is 144 cm³/mol. The topological polar surface area (TPSA) is 163 Å². The van der Waals surface area contributed by atoms with Gasteiger partial charge in [-0.2, -0.15) is 0 Å². The number of sulfone groups is 1. The first kappa shape index (κ1) is 28.4. The van der Waals surface area contributed by atoms with Crippen LogP contribution in [0.2, 0.25) is 5.02 Å². The Kier molecular flexibility index (Phi) is 7.93. The molecule has 12 nitrogen and oxygen atoms in total. The fourth-order valence-electron chi connectivity index (χ4n) is 3.91. The summed E-state index contributed by atoms with van der Waals surface area (Å²) in [6.07, 6.45) is -0.781. The fraction of sp³-hybridized carbons (Fsp3) is 0.250. The van der Waals surface area contributed by atoms with Crippen molar-refractivity contribution in [3.05, 3.63) is 64.9 Å². The number of methoxy groups -OCH3 is 2. The molecule has 0 fully saturated rings. The molecular weight excluding hydrogens is 572 g/mol. The third-order valence-electron chi connectivity index (χ3n) is 5.61. The van der Waals surface area contributed by atoms with Crippen molar-refractivity contribution in [3.63, 3.8) is 0 Å². The zero-order chi connectivity index (χ0) is 28.5. The molecular formula is C24H25ClN4O8S2. The number of ether oxygens (including phenoxy) is 2. The molecule has 4 aromatic rings. The van der Waals surface area contributed by atoms with Gasteiger partial charge in [0.2, 0.25) is 21.8 Å². The number of rotatable bonds is 10. The van der Waals surface area contributed by atoms with E-state index in [0.717, 1.165) is 12.3 Å². The largest absolute Gasteiger partial charge is 0.494 e. The van der Waals surface area contributed by atoms with E-state index in [0.29, 0.717) is 17.3 Å². The molecule has 4 rings (SSSR count). The fourth-order valence-corrected chi connectivity index (χ4v) is 6.21. The summed E-state index contributed by atoms with van der Waals surface area (Å²) in [6.45, 7) is 1.74. The zero-order valence-electron chi connectivity index (χ0n) is 21.2. The number of para-hydroxylation sites is 1. The van der Waals surface area contributed by atoms with E-state index in [2.05, 4.69) is 14.9 Å². The van der Waals surface area contributed by atoms with E-state index in [9.17, 15) is 21.9 Å². The lowest BCUT2D eigenvalue weighted by Gasteiger charge is -2.18. The monoisotopic (exact) mass is 596 g/mol. The van der Waals surface area contributed by atoms with E-state index in [4.69, 9.17) is 25.5 Å². The average Bonchev–Trinajstić information content (AvgIpc) is 3.47. The molecule has 2 aromatic carbocycles. The van der Waals surface area contributed by atoms with Crippen molar-refractivity contribution in [2.75, 3.05) is 31.0 Å². The number of halogens is 1. The second kappa shape index (κ2) is 10.9. The molecule has 208 valence electrons. The lowest BCUT2D eigenvalue weighted by molar-refractivity contribution is 0.198. The number of hydrogen-bond acceptors (Lipinski definition) is 10. The Hall–Kier alpha value is -3.59. The van der Waals surface area contributed by atoms with Gasteiger partial charge in [-0.25, -0.2) is 16.8 Å². The molecule has 15 heteroatoms. The highest BCUT2D eigenvalue weighted by Gasteiger charge is 2.29. The second-order valence-electron chi connectivity index (χ2n) is 8.46. The third-order valence-corrected chi connectivity index (χ3v) is 8.24. The van der Waals surface area contributed by atoms with Gasteiger partial charge in [-0.05, 0) is 43.3 Å². The maximum atomic E-state index is 13.2. The van der Waals surface area contributed by atoms with E-state index < -0.39 is 31.7 Å². The van der Waals surface area contributed by atoms with Crippen LogP contribution >= 0.6 is 11.6 Å². The summed E-state index contributed by atoms with van der Waals surface area (Å²) in [5.74, 6) is 0.493. The molecule has 0 unspecified atom stereocenters. The molecule has 0 saturated carbocycles. The molecule has 0 spiro atoms. The van der Waals surface area contributed by atoms with Gasteiger partial charge < -0.3 is 19.0 Å². The molecule has 1 atom stereocenters. The highest BCUT2D eigenvalue weighted by Crippen LogP contribution is 2.38. The maximum absolute atomic E-state index is 13.2. The maximum Gasteiger partial charge on any atom is 0.243 e. The van der Waals surface area contributed by atoms with E-state index >= 15 is 0 Å². The van der Waals surface area contributed by atoms with Gasteiger partial charge in [-0.1, -0.05) is 23.7 Å². The summed E-state index contributed by atoms with van der Waals surface area (Å²) in [4.78, 5) is -0.282. The molecule has 0 aliphatic heterocycles. The normalized spacial score (nSPS) is 12.8. The zero-order valence-corrected chi connectivity index (χ0v) is 23.6. The number of anilines is 1. The van der Waals surface area contributed by atoms with Crippen molar-refractivity contribution in [3.8, 4) is 28.8 Å². The van der Waals surface area contributed by atoms with Crippen molar-refractivity contribution in [1.29, 1.82) is 0 Å². The lowest BCUT2D eigenvalue weighted by Crippen LogP contribution is -2.24. The Labute approximate surface area is 230 Å². The molecule has 0 radical (unpaired) electrons. The van der Waals surface area contributed by atoms with Crippen molar-refractivity contribution >= 4 is 37.4 Å². The minimum atomic E-state index is -4.35. The first-order valence-electron chi connectivity index (χ1n) is 11.3. The Bertz CT molecular complexity index is 1710. The summed E-state index contributed by atoms with van der Waals surface area (Å²) < 4.78 is 71.3. The minimum absolute atomic E-state index is 0.118. The molecule has 0 saturated heterocycles. The Morgan fingerprint density at radius 3 is 2.28 bits per heavy atom. The van der Waals surface area contributed by atoms with Crippen LogP contribution < -0.4 is 14.2 Å². The highest BCUT2D eigenvalue weighted by molar-refractivity contribution is 7.92. The van der Waals surface area contributed by atoms with Crippen LogP contribution in [0.15, 0.2) is 57.8 Å². The number of aliphatic hydroxyl groups excluding tert-OH is 1. The number of sulfonamides is 1. The first-order valence-corrected chi connectivity index (χ1v) is 15.2. The molecule has 0 bridgehead atoms. The van der Waals surface area contributed by atoms with E-state index in [-0.39, 0.29) is 38.7 Å². The summed E-state index contributed by atoms with van der Waals surface area (Å²) in [5.41, 5.74) is 0.166. The van der Waals surface area contributed by atoms with Crippen molar-refractivity contribution in [2.45, 2.75) is 17.9 Å². The molecule has 39 heavy (non-hydrogen) atoms. The summed E-state index contributed by atoms with van der Waals surface area (Å²) in [5, 5.41) is 19.0. The van der Waals surface area contributed by atoms with Crippen LogP contribution in [0, 0.1) is 6.92 Å². The van der Waals surface area contributed by atoms with Crippen LogP contribution in [0.3, 0.4) is 0 Å². The number of hydrogen-bond donors (Lipinski definition) is 2. The van der Waals surface area contributed by atoms with E-state index in [1.54, 1.807) is 37.3 Å². The van der Waals surface area contributed by atoms with Gasteiger partial charge in [0.25, 0.3) is 0 Å².